The van der Waals surface area contributed by atoms with Gasteiger partial charge in [0.1, 0.15) is 12.2 Å². The van der Waals surface area contributed by atoms with Crippen LogP contribution < -0.4 is 16.0 Å². The smallest absolute Gasteiger partial charge is 0.222 e. The second kappa shape index (κ2) is 9.68. The van der Waals surface area contributed by atoms with Crippen LogP contribution in [0.25, 0.3) is 0 Å². The average Bonchev–Trinajstić information content (AvgIpc) is 2.97. The van der Waals surface area contributed by atoms with E-state index in [2.05, 4.69) is 31.0 Å². The highest BCUT2D eigenvalue weighted by atomic mass is 127. The molecule has 1 aliphatic rings. The van der Waals surface area contributed by atoms with Crippen LogP contribution in [0.1, 0.15) is 26.1 Å². The van der Waals surface area contributed by atoms with Crippen LogP contribution in [0.3, 0.4) is 0 Å². The second-order valence-corrected chi connectivity index (χ2v) is 5.68. The molecule has 0 aromatic carbocycles. The molecule has 23 heavy (non-hydrogen) atoms. The molecule has 0 bridgehead atoms. The topological polar surface area (TPSA) is 96.2 Å². The second-order valence-electron chi connectivity index (χ2n) is 5.68. The highest BCUT2D eigenvalue weighted by molar-refractivity contribution is 14.0. The zero-order valence-electron chi connectivity index (χ0n) is 13.9. The maximum absolute atomic E-state index is 11.5. The Morgan fingerprint density at radius 1 is 1.43 bits per heavy atom. The molecule has 1 atom stereocenters. The summed E-state index contributed by atoms with van der Waals surface area (Å²) >= 11 is 0. The normalized spacial score (nSPS) is 17.2. The summed E-state index contributed by atoms with van der Waals surface area (Å²) in [6.45, 7) is 5.77. The molecule has 1 amide bonds. The van der Waals surface area contributed by atoms with E-state index in [4.69, 9.17) is 0 Å². The average molecular weight is 435 g/mol. The van der Waals surface area contributed by atoms with Crippen LogP contribution in [-0.4, -0.2) is 52.8 Å². The summed E-state index contributed by atoms with van der Waals surface area (Å²) in [5.74, 6) is 1.86. The summed E-state index contributed by atoms with van der Waals surface area (Å²) in [6, 6.07) is 0.283. The van der Waals surface area contributed by atoms with Crippen LogP contribution in [0.15, 0.2) is 11.3 Å². The van der Waals surface area contributed by atoms with E-state index in [1.165, 1.54) is 0 Å². The van der Waals surface area contributed by atoms with Gasteiger partial charge in [0.15, 0.2) is 5.96 Å². The number of aliphatic imine (C=N–C) groups is 1. The lowest BCUT2D eigenvalue weighted by Gasteiger charge is -2.25. The van der Waals surface area contributed by atoms with E-state index in [-0.39, 0.29) is 41.8 Å². The fourth-order valence-corrected chi connectivity index (χ4v) is 2.31. The molecule has 2 heterocycles. The number of guanidine groups is 1. The van der Waals surface area contributed by atoms with Gasteiger partial charge in [0.25, 0.3) is 0 Å². The molecule has 3 N–H and O–H groups in total. The van der Waals surface area contributed by atoms with Gasteiger partial charge in [-0.1, -0.05) is 13.8 Å². The van der Waals surface area contributed by atoms with Crippen molar-refractivity contribution < 1.29 is 4.79 Å². The fourth-order valence-electron chi connectivity index (χ4n) is 2.31. The van der Waals surface area contributed by atoms with Gasteiger partial charge < -0.3 is 16.0 Å². The number of fused-ring (bicyclic) bond motifs is 1. The first kappa shape index (κ1) is 19.7. The van der Waals surface area contributed by atoms with Crippen LogP contribution in [0.2, 0.25) is 0 Å². The molecule has 0 spiro atoms. The van der Waals surface area contributed by atoms with Gasteiger partial charge in [-0.2, -0.15) is 5.10 Å². The van der Waals surface area contributed by atoms with Gasteiger partial charge in [0, 0.05) is 38.5 Å². The maximum atomic E-state index is 11.5. The first-order chi connectivity index (χ1) is 10.6. The zero-order chi connectivity index (χ0) is 15.9. The summed E-state index contributed by atoms with van der Waals surface area (Å²) < 4.78 is 1.93. The molecule has 8 nitrogen and oxygen atoms in total. The molecule has 130 valence electrons. The van der Waals surface area contributed by atoms with Crippen molar-refractivity contribution in [3.05, 3.63) is 12.2 Å². The number of nitrogens with zero attached hydrogens (tertiary/aromatic N) is 4. The number of rotatable bonds is 5. The summed E-state index contributed by atoms with van der Waals surface area (Å²) in [5.41, 5.74) is 0. The molecule has 1 aromatic rings. The van der Waals surface area contributed by atoms with Crippen molar-refractivity contribution in [3.8, 4) is 0 Å². The van der Waals surface area contributed by atoms with Crippen LogP contribution >= 0.6 is 24.0 Å². The first-order valence-electron chi connectivity index (χ1n) is 7.71. The van der Waals surface area contributed by atoms with Crippen molar-refractivity contribution in [1.82, 2.24) is 30.7 Å². The minimum absolute atomic E-state index is 0. The van der Waals surface area contributed by atoms with Gasteiger partial charge in [-0.05, 0) is 6.42 Å². The Labute approximate surface area is 153 Å². The monoisotopic (exact) mass is 435 g/mol. The largest absolute Gasteiger partial charge is 0.355 e. The minimum Gasteiger partial charge on any atom is -0.355 e. The van der Waals surface area contributed by atoms with Crippen molar-refractivity contribution in [3.63, 3.8) is 0 Å². The molecule has 2 rings (SSSR count). The van der Waals surface area contributed by atoms with Crippen molar-refractivity contribution in [2.45, 2.75) is 39.3 Å². The molecule has 0 fully saturated rings. The van der Waals surface area contributed by atoms with Gasteiger partial charge in [-0.15, -0.1) is 24.0 Å². The number of hydrogen-bond donors (Lipinski definition) is 3. The Morgan fingerprint density at radius 3 is 2.87 bits per heavy atom. The minimum atomic E-state index is 0. The molecular weight excluding hydrogens is 409 g/mol. The molecule has 0 saturated carbocycles. The number of carbonyl (C=O) groups is 1. The summed E-state index contributed by atoms with van der Waals surface area (Å²) in [7, 11) is 1.74. The third-order valence-electron chi connectivity index (χ3n) is 3.61. The van der Waals surface area contributed by atoms with E-state index in [1.807, 2.05) is 18.5 Å². The number of amides is 1. The molecule has 9 heteroatoms. The predicted octanol–water partition coefficient (Wildman–Crippen LogP) is 0.148. The third kappa shape index (κ3) is 5.96. The third-order valence-corrected chi connectivity index (χ3v) is 3.61. The van der Waals surface area contributed by atoms with E-state index in [9.17, 15) is 4.79 Å². The first-order valence-corrected chi connectivity index (χ1v) is 7.71. The highest BCUT2D eigenvalue weighted by Gasteiger charge is 2.20. The number of aromatic nitrogens is 3. The zero-order valence-corrected chi connectivity index (χ0v) is 16.2. The molecule has 0 aliphatic carbocycles. The highest BCUT2D eigenvalue weighted by Crippen LogP contribution is 2.10. The Balaban J connectivity index is 0.00000264. The Kier molecular flexibility index (Phi) is 8.28. The van der Waals surface area contributed by atoms with E-state index in [0.717, 1.165) is 31.2 Å². The molecule has 0 saturated heterocycles. The standard InChI is InChI=1S/C14H25N7O.HI/c1-10(2)13(22)16-6-7-17-14(15-3)20-11-4-5-12-18-9-19-21(12)8-11;/h9-11H,4-8H2,1-3H3,(H,16,22)(H2,15,17,20);1H. The van der Waals surface area contributed by atoms with Crippen molar-refractivity contribution >= 4 is 35.8 Å². The Hall–Kier alpha value is -1.39. The molecular formula is C14H26IN7O. The van der Waals surface area contributed by atoms with E-state index in [0.29, 0.717) is 13.1 Å². The van der Waals surface area contributed by atoms with Gasteiger partial charge in [0.05, 0.1) is 6.54 Å². The number of aryl methyl sites for hydroxylation is 1. The molecule has 1 unspecified atom stereocenters. The van der Waals surface area contributed by atoms with Crippen LogP contribution in [0.4, 0.5) is 0 Å². The number of carbonyl (C=O) groups excluding carboxylic acids is 1. The fraction of sp³-hybridized carbons (Fsp3) is 0.714. The van der Waals surface area contributed by atoms with E-state index >= 15 is 0 Å². The van der Waals surface area contributed by atoms with E-state index in [1.54, 1.807) is 13.4 Å². The molecule has 1 aliphatic heterocycles. The van der Waals surface area contributed by atoms with Gasteiger partial charge >= 0.3 is 0 Å². The molecule has 0 radical (unpaired) electrons. The van der Waals surface area contributed by atoms with Crippen LogP contribution in [0.5, 0.6) is 0 Å². The van der Waals surface area contributed by atoms with Gasteiger partial charge in [0.2, 0.25) is 5.91 Å². The summed E-state index contributed by atoms with van der Waals surface area (Å²) in [5, 5.41) is 13.7. The van der Waals surface area contributed by atoms with Crippen LogP contribution in [0, 0.1) is 5.92 Å². The number of hydrogen-bond acceptors (Lipinski definition) is 4. The lowest BCUT2D eigenvalue weighted by atomic mass is 10.1. The van der Waals surface area contributed by atoms with Gasteiger partial charge in [-0.3, -0.25) is 9.79 Å². The Morgan fingerprint density at radius 2 is 2.17 bits per heavy atom. The van der Waals surface area contributed by atoms with Crippen molar-refractivity contribution in [2.75, 3.05) is 20.1 Å². The maximum Gasteiger partial charge on any atom is 0.222 e. The SMILES string of the molecule is CN=C(NCCNC(=O)C(C)C)NC1CCc2ncnn2C1.I. The van der Waals surface area contributed by atoms with Gasteiger partial charge in [-0.25, -0.2) is 9.67 Å². The Bertz CT molecular complexity index is 529. The summed E-state index contributed by atoms with van der Waals surface area (Å²) in [4.78, 5) is 19.9. The predicted molar refractivity (Wildman–Crippen MR) is 99.9 cm³/mol. The van der Waals surface area contributed by atoms with Crippen molar-refractivity contribution in [2.24, 2.45) is 10.9 Å². The number of halogens is 1. The lowest BCUT2D eigenvalue weighted by Crippen LogP contribution is -2.48. The van der Waals surface area contributed by atoms with Crippen molar-refractivity contribution in [1.29, 1.82) is 0 Å². The number of nitrogens with one attached hydrogen (secondary N) is 3. The molecule has 1 aromatic heterocycles. The van der Waals surface area contributed by atoms with E-state index < -0.39 is 0 Å². The summed E-state index contributed by atoms with van der Waals surface area (Å²) in [6.07, 6.45) is 3.52. The van der Waals surface area contributed by atoms with Crippen LogP contribution in [-0.2, 0) is 17.8 Å². The quantitative estimate of drug-likeness (QED) is 0.265. The lowest BCUT2D eigenvalue weighted by molar-refractivity contribution is -0.123.